The molecule has 0 N–H and O–H groups in total. The van der Waals surface area contributed by atoms with Gasteiger partial charge in [-0.05, 0) is 62.8 Å². The van der Waals surface area contributed by atoms with Crippen LogP contribution in [0.2, 0.25) is 0 Å². The molecule has 3 heterocycles. The number of nitrogens with zero attached hydrogens (tertiary/aromatic N) is 3. The predicted molar refractivity (Wildman–Crippen MR) is 148 cm³/mol. The number of rotatable bonds is 9. The molecule has 7 heteroatoms. The maximum absolute atomic E-state index is 13.9. The standard InChI is InChI=1S/C31H38FN3O3/c1-21(2)38-29(36)18-25-22(3)33-20-26(30(25)35-15-13-31(4,5)14-16-35)28-11-10-24(19-34-28)37-17-12-23-8-6-7-9-27(23)32/h6-11,19-21H,12-18H2,1-5H3. The van der Waals surface area contributed by atoms with Crippen molar-refractivity contribution >= 4 is 11.7 Å². The molecule has 0 unspecified atom stereocenters. The third-order valence-corrected chi connectivity index (χ3v) is 7.10. The Kier molecular flexibility index (Phi) is 8.65. The summed E-state index contributed by atoms with van der Waals surface area (Å²) in [6.07, 6.45) is 6.12. The molecule has 202 valence electrons. The van der Waals surface area contributed by atoms with Gasteiger partial charge in [0.05, 0.1) is 36.7 Å². The Bertz CT molecular complexity index is 1250. The molecule has 1 aliphatic heterocycles. The molecule has 1 saturated heterocycles. The van der Waals surface area contributed by atoms with Crippen LogP contribution in [-0.4, -0.2) is 41.7 Å². The summed E-state index contributed by atoms with van der Waals surface area (Å²) in [5.74, 6) is 0.137. The average Bonchev–Trinajstić information content (AvgIpc) is 2.87. The second-order valence-electron chi connectivity index (χ2n) is 11.0. The molecule has 1 fully saturated rings. The number of aromatic nitrogens is 2. The van der Waals surface area contributed by atoms with Crippen LogP contribution in [0.3, 0.4) is 0 Å². The number of pyridine rings is 2. The first-order valence-electron chi connectivity index (χ1n) is 13.4. The number of anilines is 1. The Balaban J connectivity index is 1.59. The van der Waals surface area contributed by atoms with Gasteiger partial charge in [-0.25, -0.2) is 4.39 Å². The van der Waals surface area contributed by atoms with Crippen molar-refractivity contribution in [1.82, 2.24) is 9.97 Å². The highest BCUT2D eigenvalue weighted by Gasteiger charge is 2.30. The zero-order valence-electron chi connectivity index (χ0n) is 23.1. The van der Waals surface area contributed by atoms with E-state index in [0.29, 0.717) is 24.3 Å². The third kappa shape index (κ3) is 6.88. The summed E-state index contributed by atoms with van der Waals surface area (Å²) in [7, 11) is 0. The second-order valence-corrected chi connectivity index (χ2v) is 11.0. The summed E-state index contributed by atoms with van der Waals surface area (Å²) >= 11 is 0. The minimum atomic E-state index is -0.257. The number of carbonyl (C=O) groups excluding carboxylic acids is 1. The third-order valence-electron chi connectivity index (χ3n) is 7.10. The van der Waals surface area contributed by atoms with Gasteiger partial charge in [-0.1, -0.05) is 32.0 Å². The molecule has 0 aliphatic carbocycles. The van der Waals surface area contributed by atoms with Crippen LogP contribution in [-0.2, 0) is 22.4 Å². The van der Waals surface area contributed by atoms with E-state index in [1.54, 1.807) is 18.3 Å². The minimum absolute atomic E-state index is 0.164. The van der Waals surface area contributed by atoms with Gasteiger partial charge in [0.15, 0.2) is 0 Å². The van der Waals surface area contributed by atoms with Crippen LogP contribution in [0.1, 0.15) is 57.4 Å². The quantitative estimate of drug-likeness (QED) is 0.308. The highest BCUT2D eigenvalue weighted by molar-refractivity contribution is 5.84. The fourth-order valence-electron chi connectivity index (χ4n) is 4.78. The zero-order valence-corrected chi connectivity index (χ0v) is 23.1. The molecule has 1 aromatic carbocycles. The topological polar surface area (TPSA) is 64.6 Å². The number of carbonyl (C=O) groups is 1. The summed E-state index contributed by atoms with van der Waals surface area (Å²) in [6.45, 7) is 12.4. The van der Waals surface area contributed by atoms with Gasteiger partial charge >= 0.3 is 5.97 Å². The highest BCUT2D eigenvalue weighted by Crippen LogP contribution is 2.39. The lowest BCUT2D eigenvalue weighted by atomic mass is 9.82. The van der Waals surface area contributed by atoms with Crippen LogP contribution in [0.15, 0.2) is 48.8 Å². The summed E-state index contributed by atoms with van der Waals surface area (Å²) in [6, 6.07) is 10.5. The lowest BCUT2D eigenvalue weighted by Crippen LogP contribution is -2.38. The highest BCUT2D eigenvalue weighted by atomic mass is 19.1. The Hall–Kier alpha value is -3.48. The molecule has 0 bridgehead atoms. The van der Waals surface area contributed by atoms with Gasteiger partial charge in [-0.15, -0.1) is 0 Å². The largest absolute Gasteiger partial charge is 0.492 e. The van der Waals surface area contributed by atoms with Crippen LogP contribution in [0, 0.1) is 18.2 Å². The zero-order chi connectivity index (χ0) is 27.3. The van der Waals surface area contributed by atoms with E-state index < -0.39 is 0 Å². The predicted octanol–water partition coefficient (Wildman–Crippen LogP) is 6.33. The number of esters is 1. The lowest BCUT2D eigenvalue weighted by Gasteiger charge is -2.40. The Labute approximate surface area is 225 Å². The van der Waals surface area contributed by atoms with Crippen molar-refractivity contribution < 1.29 is 18.7 Å². The number of benzene rings is 1. The average molecular weight is 520 g/mol. The van der Waals surface area contributed by atoms with E-state index in [2.05, 4.69) is 23.7 Å². The number of halogens is 1. The van der Waals surface area contributed by atoms with E-state index in [4.69, 9.17) is 14.5 Å². The normalized spacial score (nSPS) is 15.0. The Morgan fingerprint density at radius 1 is 1.08 bits per heavy atom. The summed E-state index contributed by atoms with van der Waals surface area (Å²) in [4.78, 5) is 24.4. The number of hydrogen-bond donors (Lipinski definition) is 0. The monoisotopic (exact) mass is 519 g/mol. The van der Waals surface area contributed by atoms with Crippen LogP contribution < -0.4 is 9.64 Å². The van der Waals surface area contributed by atoms with Gasteiger partial charge in [0, 0.05) is 42.5 Å². The Morgan fingerprint density at radius 2 is 1.82 bits per heavy atom. The molecule has 0 spiro atoms. The van der Waals surface area contributed by atoms with E-state index in [1.807, 2.05) is 45.2 Å². The van der Waals surface area contributed by atoms with Crippen molar-refractivity contribution in [3.8, 4) is 17.0 Å². The number of hydrogen-bond acceptors (Lipinski definition) is 6. The van der Waals surface area contributed by atoms with Crippen molar-refractivity contribution in [2.45, 2.75) is 66.4 Å². The molecule has 0 saturated carbocycles. The van der Waals surface area contributed by atoms with Crippen LogP contribution in [0.5, 0.6) is 5.75 Å². The Morgan fingerprint density at radius 3 is 2.47 bits per heavy atom. The number of ether oxygens (including phenoxy) is 2. The molecular formula is C31H38FN3O3. The molecule has 4 rings (SSSR count). The van der Waals surface area contributed by atoms with Gasteiger partial charge in [-0.2, -0.15) is 0 Å². The molecule has 3 aromatic rings. The summed E-state index contributed by atoms with van der Waals surface area (Å²) in [5, 5.41) is 0. The van der Waals surface area contributed by atoms with E-state index in [-0.39, 0.29) is 29.7 Å². The fourth-order valence-corrected chi connectivity index (χ4v) is 4.78. The molecule has 1 aliphatic rings. The van der Waals surface area contributed by atoms with E-state index >= 15 is 0 Å². The van der Waals surface area contributed by atoms with Crippen molar-refractivity contribution in [2.24, 2.45) is 5.41 Å². The molecular weight excluding hydrogens is 481 g/mol. The molecule has 38 heavy (non-hydrogen) atoms. The van der Waals surface area contributed by atoms with Gasteiger partial charge in [0.1, 0.15) is 11.6 Å². The molecule has 0 atom stereocenters. The van der Waals surface area contributed by atoms with Crippen molar-refractivity contribution in [2.75, 3.05) is 24.6 Å². The molecule has 2 aromatic heterocycles. The van der Waals surface area contributed by atoms with Gasteiger partial charge in [0.25, 0.3) is 0 Å². The fraction of sp³-hybridized carbons (Fsp3) is 0.452. The van der Waals surface area contributed by atoms with E-state index in [0.717, 1.165) is 54.1 Å². The van der Waals surface area contributed by atoms with Crippen LogP contribution in [0.25, 0.3) is 11.3 Å². The van der Waals surface area contributed by atoms with Gasteiger partial charge in [0.2, 0.25) is 0 Å². The first-order chi connectivity index (χ1) is 18.1. The summed E-state index contributed by atoms with van der Waals surface area (Å²) < 4.78 is 25.2. The van der Waals surface area contributed by atoms with Gasteiger partial charge < -0.3 is 14.4 Å². The van der Waals surface area contributed by atoms with E-state index in [9.17, 15) is 9.18 Å². The minimum Gasteiger partial charge on any atom is -0.492 e. The first kappa shape index (κ1) is 27.6. The first-order valence-corrected chi connectivity index (χ1v) is 13.4. The smallest absolute Gasteiger partial charge is 0.310 e. The lowest BCUT2D eigenvalue weighted by molar-refractivity contribution is -0.146. The van der Waals surface area contributed by atoms with Crippen molar-refractivity contribution in [3.05, 3.63) is 71.4 Å². The van der Waals surface area contributed by atoms with Crippen molar-refractivity contribution in [3.63, 3.8) is 0 Å². The number of aryl methyl sites for hydroxylation is 1. The summed E-state index contributed by atoms with van der Waals surface area (Å²) in [5.41, 5.74) is 5.28. The number of piperidine rings is 1. The molecule has 6 nitrogen and oxygen atoms in total. The second kappa shape index (κ2) is 11.9. The van der Waals surface area contributed by atoms with E-state index in [1.165, 1.54) is 6.07 Å². The van der Waals surface area contributed by atoms with Crippen LogP contribution in [0.4, 0.5) is 10.1 Å². The van der Waals surface area contributed by atoms with Crippen LogP contribution >= 0.6 is 0 Å². The maximum atomic E-state index is 13.9. The van der Waals surface area contributed by atoms with Crippen molar-refractivity contribution in [1.29, 1.82) is 0 Å². The SMILES string of the molecule is Cc1ncc(-c2ccc(OCCc3ccccc3F)cn2)c(N2CCC(C)(C)CC2)c1CC(=O)OC(C)C. The molecule has 0 radical (unpaired) electrons. The molecule has 0 amide bonds. The maximum Gasteiger partial charge on any atom is 0.310 e. The van der Waals surface area contributed by atoms with Gasteiger partial charge in [-0.3, -0.25) is 14.8 Å².